The monoisotopic (exact) mass is 290 g/mol. The molecule has 0 spiro atoms. The minimum absolute atomic E-state index is 0.190. The summed E-state index contributed by atoms with van der Waals surface area (Å²) in [4.78, 5) is 27.8. The van der Waals surface area contributed by atoms with Gasteiger partial charge in [-0.3, -0.25) is 14.5 Å². The maximum absolute atomic E-state index is 12.2. The van der Waals surface area contributed by atoms with Gasteiger partial charge in [-0.15, -0.1) is 0 Å². The fraction of sp³-hybridized carbons (Fsp3) is 0.500. The fourth-order valence-corrected chi connectivity index (χ4v) is 2.50. The summed E-state index contributed by atoms with van der Waals surface area (Å²) in [5.41, 5.74) is 1.01. The van der Waals surface area contributed by atoms with Crippen molar-refractivity contribution in [3.8, 4) is 0 Å². The first-order valence-corrected chi connectivity index (χ1v) is 7.39. The highest BCUT2D eigenvalue weighted by atomic mass is 16.3. The van der Waals surface area contributed by atoms with Gasteiger partial charge in [-0.1, -0.05) is 12.1 Å². The smallest absolute Gasteiger partial charge is 0.261 e. The van der Waals surface area contributed by atoms with Gasteiger partial charge >= 0.3 is 0 Å². The van der Waals surface area contributed by atoms with Crippen LogP contribution < -0.4 is 0 Å². The molecule has 1 heterocycles. The number of imide groups is 1. The summed E-state index contributed by atoms with van der Waals surface area (Å²) in [6, 6.07) is 6.96. The molecular formula is C16H22N2O3. The number of hydrogen-bond donors (Lipinski definition) is 1. The van der Waals surface area contributed by atoms with Crippen LogP contribution in [0.25, 0.3) is 0 Å². The number of unbranched alkanes of at least 4 members (excludes halogenated alkanes) is 2. The number of rotatable bonds is 8. The van der Waals surface area contributed by atoms with Crippen molar-refractivity contribution in [2.45, 2.75) is 19.3 Å². The summed E-state index contributed by atoms with van der Waals surface area (Å²) in [6.07, 6.45) is 2.83. The van der Waals surface area contributed by atoms with Crippen LogP contribution in [0.2, 0.25) is 0 Å². The van der Waals surface area contributed by atoms with Crippen LogP contribution in [0.15, 0.2) is 24.3 Å². The van der Waals surface area contributed by atoms with E-state index in [1.165, 1.54) is 4.90 Å². The van der Waals surface area contributed by atoms with E-state index in [1.807, 2.05) is 7.05 Å². The standard InChI is InChI=1S/C16H22N2O3/c1-17(9-5-2-6-12-19)10-11-18-15(20)13-7-3-4-8-14(13)16(18)21/h3-4,7-8,19H,2,5-6,9-12H2,1H3. The molecule has 1 aromatic rings. The molecule has 0 atom stereocenters. The lowest BCUT2D eigenvalue weighted by Gasteiger charge is -2.20. The molecule has 1 aliphatic rings. The first-order valence-electron chi connectivity index (χ1n) is 7.39. The Labute approximate surface area is 125 Å². The Hall–Kier alpha value is -1.72. The highest BCUT2D eigenvalue weighted by Gasteiger charge is 2.34. The number of carbonyl (C=O) groups is 2. The average Bonchev–Trinajstić information content (AvgIpc) is 2.74. The van der Waals surface area contributed by atoms with Gasteiger partial charge in [0, 0.05) is 19.7 Å². The van der Waals surface area contributed by atoms with Crippen molar-refractivity contribution in [2.24, 2.45) is 0 Å². The summed E-state index contributed by atoms with van der Waals surface area (Å²) in [5.74, 6) is -0.381. The number of aliphatic hydroxyl groups is 1. The summed E-state index contributed by atoms with van der Waals surface area (Å²) in [5, 5.41) is 8.73. The van der Waals surface area contributed by atoms with Crippen LogP contribution in [0, 0.1) is 0 Å². The van der Waals surface area contributed by atoms with E-state index in [1.54, 1.807) is 24.3 Å². The molecule has 21 heavy (non-hydrogen) atoms. The van der Waals surface area contributed by atoms with Crippen molar-refractivity contribution >= 4 is 11.8 Å². The molecule has 0 unspecified atom stereocenters. The zero-order valence-corrected chi connectivity index (χ0v) is 12.4. The highest BCUT2D eigenvalue weighted by Crippen LogP contribution is 2.21. The van der Waals surface area contributed by atoms with Crippen molar-refractivity contribution in [2.75, 3.05) is 33.3 Å². The van der Waals surface area contributed by atoms with E-state index < -0.39 is 0 Å². The zero-order valence-electron chi connectivity index (χ0n) is 12.4. The molecular weight excluding hydrogens is 268 g/mol. The molecule has 1 N–H and O–H groups in total. The first kappa shape index (κ1) is 15.7. The molecule has 2 amide bonds. The van der Waals surface area contributed by atoms with Gasteiger partial charge in [0.1, 0.15) is 0 Å². The first-order chi connectivity index (χ1) is 10.1. The second-order valence-corrected chi connectivity index (χ2v) is 5.40. The molecule has 1 aromatic carbocycles. The number of fused-ring (bicyclic) bond motifs is 1. The van der Waals surface area contributed by atoms with E-state index in [9.17, 15) is 9.59 Å². The van der Waals surface area contributed by atoms with Crippen LogP contribution in [0.4, 0.5) is 0 Å². The SMILES string of the molecule is CN(CCCCCO)CCN1C(=O)c2ccccc2C1=O. The Balaban J connectivity index is 1.82. The average molecular weight is 290 g/mol. The minimum Gasteiger partial charge on any atom is -0.396 e. The normalized spacial score (nSPS) is 14.1. The minimum atomic E-state index is -0.190. The van der Waals surface area contributed by atoms with Gasteiger partial charge in [0.15, 0.2) is 0 Å². The largest absolute Gasteiger partial charge is 0.396 e. The predicted octanol–water partition coefficient (Wildman–Crippen LogP) is 1.38. The van der Waals surface area contributed by atoms with Crippen molar-refractivity contribution in [3.05, 3.63) is 35.4 Å². The number of carbonyl (C=O) groups excluding carboxylic acids is 2. The molecule has 2 rings (SSSR count). The summed E-state index contributed by atoms with van der Waals surface area (Å²) in [6.45, 7) is 2.23. The quantitative estimate of drug-likeness (QED) is 0.580. The van der Waals surface area contributed by atoms with Crippen molar-refractivity contribution in [3.63, 3.8) is 0 Å². The lowest BCUT2D eigenvalue weighted by Crippen LogP contribution is -2.37. The molecule has 0 aliphatic carbocycles. The van der Waals surface area contributed by atoms with E-state index in [2.05, 4.69) is 4.90 Å². The van der Waals surface area contributed by atoms with Crippen LogP contribution in [-0.2, 0) is 0 Å². The van der Waals surface area contributed by atoms with Gasteiger partial charge < -0.3 is 10.0 Å². The third-order valence-corrected chi connectivity index (χ3v) is 3.78. The van der Waals surface area contributed by atoms with Crippen LogP contribution in [0.3, 0.4) is 0 Å². The Morgan fingerprint density at radius 1 is 1.00 bits per heavy atom. The second kappa shape index (κ2) is 7.33. The van der Waals surface area contributed by atoms with E-state index in [4.69, 9.17) is 5.11 Å². The Kier molecular flexibility index (Phi) is 5.47. The van der Waals surface area contributed by atoms with Gasteiger partial charge in [-0.05, 0) is 45.0 Å². The third kappa shape index (κ3) is 3.68. The molecule has 5 nitrogen and oxygen atoms in total. The lowest BCUT2D eigenvalue weighted by molar-refractivity contribution is 0.0641. The number of benzene rings is 1. The Morgan fingerprint density at radius 3 is 2.19 bits per heavy atom. The molecule has 0 aromatic heterocycles. The van der Waals surface area contributed by atoms with Gasteiger partial charge in [0.05, 0.1) is 11.1 Å². The number of amides is 2. The van der Waals surface area contributed by atoms with Crippen molar-refractivity contribution < 1.29 is 14.7 Å². The zero-order chi connectivity index (χ0) is 15.2. The van der Waals surface area contributed by atoms with E-state index >= 15 is 0 Å². The number of nitrogens with zero attached hydrogens (tertiary/aromatic N) is 2. The molecule has 5 heteroatoms. The van der Waals surface area contributed by atoms with Gasteiger partial charge in [-0.25, -0.2) is 0 Å². The van der Waals surface area contributed by atoms with Crippen molar-refractivity contribution in [1.82, 2.24) is 9.80 Å². The topological polar surface area (TPSA) is 60.9 Å². The fourth-order valence-electron chi connectivity index (χ4n) is 2.50. The summed E-state index contributed by atoms with van der Waals surface area (Å²) < 4.78 is 0. The van der Waals surface area contributed by atoms with Crippen molar-refractivity contribution in [1.29, 1.82) is 0 Å². The molecule has 0 saturated carbocycles. The molecule has 0 fully saturated rings. The Morgan fingerprint density at radius 2 is 1.62 bits per heavy atom. The van der Waals surface area contributed by atoms with Crippen LogP contribution in [0.5, 0.6) is 0 Å². The number of likely N-dealkylation sites (N-methyl/N-ethyl adjacent to an activating group) is 1. The number of hydrogen-bond acceptors (Lipinski definition) is 4. The van der Waals surface area contributed by atoms with E-state index in [0.717, 1.165) is 25.8 Å². The van der Waals surface area contributed by atoms with Gasteiger partial charge in [0.2, 0.25) is 0 Å². The molecule has 114 valence electrons. The summed E-state index contributed by atoms with van der Waals surface area (Å²) in [7, 11) is 1.98. The van der Waals surface area contributed by atoms with Crippen LogP contribution in [-0.4, -0.2) is 60.0 Å². The molecule has 0 bridgehead atoms. The molecule has 0 saturated heterocycles. The maximum atomic E-state index is 12.2. The van der Waals surface area contributed by atoms with E-state index in [0.29, 0.717) is 24.2 Å². The second-order valence-electron chi connectivity index (χ2n) is 5.40. The number of aliphatic hydroxyl groups excluding tert-OH is 1. The van der Waals surface area contributed by atoms with Crippen LogP contribution in [0.1, 0.15) is 40.0 Å². The third-order valence-electron chi connectivity index (χ3n) is 3.78. The molecule has 0 radical (unpaired) electrons. The van der Waals surface area contributed by atoms with Gasteiger partial charge in [0.25, 0.3) is 11.8 Å². The Bertz CT molecular complexity index is 481. The van der Waals surface area contributed by atoms with Gasteiger partial charge in [-0.2, -0.15) is 0 Å². The predicted molar refractivity (Wildman–Crippen MR) is 80.2 cm³/mol. The highest BCUT2D eigenvalue weighted by molar-refractivity contribution is 6.21. The lowest BCUT2D eigenvalue weighted by atomic mass is 10.1. The maximum Gasteiger partial charge on any atom is 0.261 e. The van der Waals surface area contributed by atoms with Crippen LogP contribution >= 0.6 is 0 Å². The van der Waals surface area contributed by atoms with E-state index in [-0.39, 0.29) is 18.4 Å². The molecule has 1 aliphatic heterocycles. The summed E-state index contributed by atoms with van der Waals surface area (Å²) >= 11 is 0.